The molecule has 1 fully saturated rings. The summed E-state index contributed by atoms with van der Waals surface area (Å²) in [6, 6.07) is 0. The molecule has 0 radical (unpaired) electrons. The number of carbonyl (C=O) groups is 2. The van der Waals surface area contributed by atoms with Crippen LogP contribution in [-0.2, 0) is 9.53 Å². The third-order valence-corrected chi connectivity index (χ3v) is 2.92. The van der Waals surface area contributed by atoms with Crippen LogP contribution >= 0.6 is 0 Å². The summed E-state index contributed by atoms with van der Waals surface area (Å²) in [7, 11) is 0. The van der Waals surface area contributed by atoms with Crippen LogP contribution in [0.25, 0.3) is 0 Å². The van der Waals surface area contributed by atoms with Gasteiger partial charge in [0.05, 0.1) is 0 Å². The van der Waals surface area contributed by atoms with Crippen LogP contribution < -0.4 is 5.32 Å². The predicted octanol–water partition coefficient (Wildman–Crippen LogP) is 2.01. The van der Waals surface area contributed by atoms with Gasteiger partial charge in [0.15, 0.2) is 0 Å². The summed E-state index contributed by atoms with van der Waals surface area (Å²) >= 11 is 0. The van der Waals surface area contributed by atoms with Gasteiger partial charge in [0.2, 0.25) is 0 Å². The van der Waals surface area contributed by atoms with Crippen LogP contribution in [-0.4, -0.2) is 29.3 Å². The first-order valence-electron chi connectivity index (χ1n) is 5.96. The Morgan fingerprint density at radius 2 is 1.88 bits per heavy atom. The first-order chi connectivity index (χ1) is 7.78. The average molecular weight is 243 g/mol. The molecule has 0 spiro atoms. The quantitative estimate of drug-likeness (QED) is 0.792. The highest BCUT2D eigenvalue weighted by Gasteiger charge is 2.32. The average Bonchev–Trinajstić information content (AvgIpc) is 2.09. The molecule has 0 aromatic carbocycles. The summed E-state index contributed by atoms with van der Waals surface area (Å²) in [6.07, 6.45) is 1.68. The van der Waals surface area contributed by atoms with Gasteiger partial charge in [-0.25, -0.2) is 4.79 Å². The highest BCUT2D eigenvalue weighted by Crippen LogP contribution is 2.36. The summed E-state index contributed by atoms with van der Waals surface area (Å²) in [4.78, 5) is 21.9. The molecule has 0 aromatic rings. The first-order valence-corrected chi connectivity index (χ1v) is 5.96. The Morgan fingerprint density at radius 1 is 1.29 bits per heavy atom. The van der Waals surface area contributed by atoms with E-state index >= 15 is 0 Å². The van der Waals surface area contributed by atoms with E-state index < -0.39 is 17.7 Å². The van der Waals surface area contributed by atoms with E-state index in [4.69, 9.17) is 9.84 Å². The molecule has 0 bridgehead atoms. The molecule has 5 nitrogen and oxygen atoms in total. The molecule has 2 atom stereocenters. The molecule has 2 unspecified atom stereocenters. The van der Waals surface area contributed by atoms with Crippen molar-refractivity contribution in [3.05, 3.63) is 0 Å². The molecule has 1 saturated carbocycles. The smallest absolute Gasteiger partial charge is 0.407 e. The predicted molar refractivity (Wildman–Crippen MR) is 62.7 cm³/mol. The Labute approximate surface area is 102 Å². The van der Waals surface area contributed by atoms with Crippen molar-refractivity contribution in [1.82, 2.24) is 5.32 Å². The molecule has 17 heavy (non-hydrogen) atoms. The van der Waals surface area contributed by atoms with Crippen LogP contribution in [0.3, 0.4) is 0 Å². The van der Waals surface area contributed by atoms with Gasteiger partial charge in [0, 0.05) is 13.0 Å². The topological polar surface area (TPSA) is 75.6 Å². The first kappa shape index (κ1) is 13.8. The van der Waals surface area contributed by atoms with Gasteiger partial charge < -0.3 is 15.2 Å². The minimum absolute atomic E-state index is 0.195. The Hall–Kier alpha value is -1.26. The van der Waals surface area contributed by atoms with E-state index in [1.165, 1.54) is 0 Å². The maximum atomic E-state index is 11.4. The number of carboxylic acid groups (broad SMARTS) is 1. The Balaban J connectivity index is 2.23. The van der Waals surface area contributed by atoms with Gasteiger partial charge in [0.1, 0.15) is 5.60 Å². The molecule has 0 aromatic heterocycles. The van der Waals surface area contributed by atoms with E-state index in [1.54, 1.807) is 0 Å². The summed E-state index contributed by atoms with van der Waals surface area (Å²) in [5, 5.41) is 11.4. The molecule has 1 amide bonds. The van der Waals surface area contributed by atoms with Gasteiger partial charge >= 0.3 is 12.1 Å². The summed E-state index contributed by atoms with van der Waals surface area (Å²) in [5.74, 6) is -0.293. The fourth-order valence-corrected chi connectivity index (χ4v) is 1.93. The van der Waals surface area contributed by atoms with Crippen molar-refractivity contribution in [3.63, 3.8) is 0 Å². The van der Waals surface area contributed by atoms with Crippen LogP contribution in [0.1, 0.15) is 40.0 Å². The lowest BCUT2D eigenvalue weighted by Gasteiger charge is -2.35. The van der Waals surface area contributed by atoms with Crippen molar-refractivity contribution in [3.8, 4) is 0 Å². The second-order valence-electron chi connectivity index (χ2n) is 5.58. The summed E-state index contributed by atoms with van der Waals surface area (Å²) < 4.78 is 5.11. The van der Waals surface area contributed by atoms with Gasteiger partial charge in [0.25, 0.3) is 0 Å². The molecule has 0 heterocycles. The third kappa shape index (κ3) is 5.06. The number of ether oxygens (including phenoxy) is 1. The number of hydrogen-bond donors (Lipinski definition) is 2. The third-order valence-electron chi connectivity index (χ3n) is 2.92. The molecule has 98 valence electrons. The van der Waals surface area contributed by atoms with Gasteiger partial charge in [-0.1, -0.05) is 0 Å². The molecule has 1 aliphatic carbocycles. The normalized spacial score (nSPS) is 23.7. The highest BCUT2D eigenvalue weighted by atomic mass is 16.6. The van der Waals surface area contributed by atoms with E-state index in [0.29, 0.717) is 6.54 Å². The minimum atomic E-state index is -0.767. The van der Waals surface area contributed by atoms with Crippen molar-refractivity contribution < 1.29 is 19.4 Å². The second kappa shape index (κ2) is 5.38. The van der Waals surface area contributed by atoms with Crippen LogP contribution in [0.5, 0.6) is 0 Å². The molecule has 2 N–H and O–H groups in total. The standard InChI is InChI=1S/C12H21NO4/c1-12(2,3)17-11(16)13-7-9-5-4-8(9)6-10(14)15/h8-9H,4-7H2,1-3H3,(H,13,16)(H,14,15). The zero-order valence-corrected chi connectivity index (χ0v) is 10.7. The Bertz CT molecular complexity index is 295. The molecule has 0 saturated heterocycles. The lowest BCUT2D eigenvalue weighted by molar-refractivity contribution is -0.139. The molecule has 0 aliphatic heterocycles. The van der Waals surface area contributed by atoms with E-state index in [0.717, 1.165) is 12.8 Å². The van der Waals surface area contributed by atoms with Crippen LogP contribution in [0.15, 0.2) is 0 Å². The number of amides is 1. The van der Waals surface area contributed by atoms with Gasteiger partial charge in [-0.3, -0.25) is 4.79 Å². The number of carboxylic acids is 1. The number of hydrogen-bond acceptors (Lipinski definition) is 3. The van der Waals surface area contributed by atoms with Gasteiger partial charge in [-0.15, -0.1) is 0 Å². The van der Waals surface area contributed by atoms with Crippen molar-refractivity contribution in [2.24, 2.45) is 11.8 Å². The van der Waals surface area contributed by atoms with Crippen LogP contribution in [0.2, 0.25) is 0 Å². The minimum Gasteiger partial charge on any atom is -0.481 e. The fraction of sp³-hybridized carbons (Fsp3) is 0.833. The van der Waals surface area contributed by atoms with Crippen molar-refractivity contribution >= 4 is 12.1 Å². The molecule has 5 heteroatoms. The van der Waals surface area contributed by atoms with E-state index in [9.17, 15) is 9.59 Å². The number of aliphatic carboxylic acids is 1. The second-order valence-corrected chi connectivity index (χ2v) is 5.58. The zero-order chi connectivity index (χ0) is 13.1. The van der Waals surface area contributed by atoms with Gasteiger partial charge in [-0.2, -0.15) is 0 Å². The maximum absolute atomic E-state index is 11.4. The van der Waals surface area contributed by atoms with E-state index in [2.05, 4.69) is 5.32 Å². The highest BCUT2D eigenvalue weighted by molar-refractivity contribution is 5.68. The number of nitrogens with one attached hydrogen (secondary N) is 1. The van der Waals surface area contributed by atoms with Crippen molar-refractivity contribution in [1.29, 1.82) is 0 Å². The molecule has 1 aliphatic rings. The largest absolute Gasteiger partial charge is 0.481 e. The van der Waals surface area contributed by atoms with Crippen molar-refractivity contribution in [2.45, 2.75) is 45.6 Å². The fourth-order valence-electron chi connectivity index (χ4n) is 1.93. The lowest BCUT2D eigenvalue weighted by atomic mass is 9.72. The van der Waals surface area contributed by atoms with Crippen LogP contribution in [0, 0.1) is 11.8 Å². The van der Waals surface area contributed by atoms with Gasteiger partial charge in [-0.05, 0) is 45.4 Å². The zero-order valence-electron chi connectivity index (χ0n) is 10.7. The SMILES string of the molecule is CC(C)(C)OC(=O)NCC1CCC1CC(=O)O. The summed E-state index contributed by atoms with van der Waals surface area (Å²) in [6.45, 7) is 5.93. The summed E-state index contributed by atoms with van der Waals surface area (Å²) in [5.41, 5.74) is -0.496. The van der Waals surface area contributed by atoms with E-state index in [1.807, 2.05) is 20.8 Å². The number of alkyl carbamates (subject to hydrolysis) is 1. The molecule has 1 rings (SSSR count). The molecular weight excluding hydrogens is 222 g/mol. The number of carbonyl (C=O) groups excluding carboxylic acids is 1. The molecular formula is C12H21NO4. The lowest BCUT2D eigenvalue weighted by Crippen LogP contribution is -2.40. The van der Waals surface area contributed by atoms with Crippen molar-refractivity contribution in [2.75, 3.05) is 6.54 Å². The Morgan fingerprint density at radius 3 is 2.29 bits per heavy atom. The van der Waals surface area contributed by atoms with E-state index in [-0.39, 0.29) is 18.3 Å². The number of rotatable bonds is 4. The Kier molecular flexibility index (Phi) is 4.37. The monoisotopic (exact) mass is 243 g/mol. The van der Waals surface area contributed by atoms with Crippen LogP contribution in [0.4, 0.5) is 4.79 Å². The maximum Gasteiger partial charge on any atom is 0.407 e.